The number of fused-ring (bicyclic) bond motifs is 4. The van der Waals surface area contributed by atoms with Crippen molar-refractivity contribution < 1.29 is 55.4 Å². The number of amides is 1. The zero-order chi connectivity index (χ0) is 67.8. The molecule has 8 aromatic carbocycles. The van der Waals surface area contributed by atoms with Crippen LogP contribution in [0.15, 0.2) is 212 Å². The molecule has 0 spiro atoms. The first-order chi connectivity index (χ1) is 45.3. The molecule has 1 amide bonds. The van der Waals surface area contributed by atoms with Gasteiger partial charge in [0.25, 0.3) is 20.2 Å². The predicted octanol–water partition coefficient (Wildman–Crippen LogP) is 9.89. The van der Waals surface area contributed by atoms with Crippen LogP contribution in [0.5, 0.6) is 0 Å². The van der Waals surface area contributed by atoms with Crippen LogP contribution in [0, 0.1) is 0 Å². The monoisotopic (exact) mass is 1320 g/mol. The molecule has 2 heterocycles. The lowest BCUT2D eigenvalue weighted by Crippen LogP contribution is -2.36. The molecule has 0 fully saturated rings. The fourth-order valence-electron chi connectivity index (χ4n) is 13.7. The van der Waals surface area contributed by atoms with E-state index in [4.69, 9.17) is 0 Å². The summed E-state index contributed by atoms with van der Waals surface area (Å²) in [7, 11) is -11.8. The predicted molar refractivity (Wildman–Crippen MR) is 383 cm³/mol. The van der Waals surface area contributed by atoms with E-state index in [1.54, 1.807) is 31.2 Å². The molecular weight excluding hydrogens is 1230 g/mol. The van der Waals surface area contributed by atoms with Gasteiger partial charge in [-0.2, -0.15) is 21.4 Å². The Kier molecular flexibility index (Phi) is 21.9. The SMILES string of the molecule is C=C(C)C(=O)NCCCN(Cc1ccccc1B(O)O)Cc1c2ccccc2c(CN(Cc2ccc(C(C=CC3=[N+](CCCS(=O)(=O)O)c4ccccc4C3(C)C)=CC=C3N(CCCS(=O)(=O)O)c4ccccc4C3(C)C)cc2)Cc2ccccc2B(O)O)c2ccccc12. The maximum absolute atomic E-state index is 12.5. The van der Waals surface area contributed by atoms with Crippen LogP contribution < -0.4 is 21.1 Å². The second-order valence-electron chi connectivity index (χ2n) is 25.9. The van der Waals surface area contributed by atoms with Crippen molar-refractivity contribution in [3.05, 3.63) is 257 Å². The molecule has 2 aliphatic heterocycles. The average Bonchev–Trinajstić information content (AvgIpc) is 1.75. The molecule has 2 aliphatic rings. The Bertz CT molecular complexity index is 4470. The van der Waals surface area contributed by atoms with Crippen LogP contribution in [0.2, 0.25) is 0 Å². The van der Waals surface area contributed by atoms with Gasteiger partial charge in [0.1, 0.15) is 6.54 Å². The van der Waals surface area contributed by atoms with Gasteiger partial charge in [0.05, 0.1) is 16.9 Å². The van der Waals surface area contributed by atoms with Crippen LogP contribution in [0.1, 0.15) is 98.4 Å². The number of hydrogen-bond acceptors (Lipinski definition) is 12. The lowest BCUT2D eigenvalue weighted by Gasteiger charge is -2.28. The van der Waals surface area contributed by atoms with E-state index >= 15 is 0 Å². The lowest BCUT2D eigenvalue weighted by atomic mass is 9.77. The van der Waals surface area contributed by atoms with Gasteiger partial charge in [-0.15, -0.1) is 0 Å². The fraction of sp³-hybridized carbons (Fsp3) is 0.280. The molecule has 20 heteroatoms. The van der Waals surface area contributed by atoms with Gasteiger partial charge < -0.3 is 30.3 Å². The lowest BCUT2D eigenvalue weighted by molar-refractivity contribution is -0.437. The first kappa shape index (κ1) is 69.7. The summed E-state index contributed by atoms with van der Waals surface area (Å²) in [6, 6.07) is 55.9. The highest BCUT2D eigenvalue weighted by Crippen LogP contribution is 2.48. The quantitative estimate of drug-likeness (QED) is 0.00440. The van der Waals surface area contributed by atoms with E-state index in [9.17, 15) is 50.8 Å². The van der Waals surface area contributed by atoms with Gasteiger partial charge in [-0.3, -0.25) is 23.7 Å². The van der Waals surface area contributed by atoms with E-state index in [1.165, 1.54) is 0 Å². The molecule has 7 N–H and O–H groups in total. The standard InChI is InChI=1S/C75H83B2N5O11S2/c1-53(2)73(83)78-42-19-43-79(49-57-22-7-15-30-67(57)76(84)85)51-63-59-24-9-11-26-61(59)64(62-27-12-10-25-60(62)63)52-80(50-58-23-8-16-31-68(58)77(86)87)48-54-34-36-55(37-35-54)56(38-40-71-74(3,4)65-28-13-17-32-69(65)81(71)44-20-46-94(88,89)90)39-41-72-75(5,6)66-29-14-18-33-70(66)82(72)45-21-47-95(91,92)93/h7-18,22-41,84-87H,1,19-21,42-52H2,2-6H3,(H2-,78,83,88,89,90,91,92,93)/p+1. The minimum Gasteiger partial charge on any atom is -0.423 e. The number of anilines is 1. The minimum atomic E-state index is -4.22. The number of carbonyl (C=O) groups is 1. The van der Waals surface area contributed by atoms with Gasteiger partial charge in [0.15, 0.2) is 5.71 Å². The van der Waals surface area contributed by atoms with Gasteiger partial charge in [0, 0.05) is 98.9 Å². The average molecular weight is 1320 g/mol. The zero-order valence-electron chi connectivity index (χ0n) is 54.6. The molecule has 0 bridgehead atoms. The Labute approximate surface area is 559 Å². The van der Waals surface area contributed by atoms with Gasteiger partial charge in [0.2, 0.25) is 11.6 Å². The number of rotatable bonds is 29. The normalized spacial score (nSPS) is 15.0. The summed E-state index contributed by atoms with van der Waals surface area (Å²) >= 11 is 0. The smallest absolute Gasteiger partial charge is 0.423 e. The highest BCUT2D eigenvalue weighted by Gasteiger charge is 2.44. The number of benzene rings is 8. The van der Waals surface area contributed by atoms with Crippen LogP contribution in [0.25, 0.3) is 27.1 Å². The van der Waals surface area contributed by atoms with Crippen molar-refractivity contribution in [2.75, 3.05) is 42.6 Å². The van der Waals surface area contributed by atoms with Crippen molar-refractivity contribution in [3.8, 4) is 0 Å². The van der Waals surface area contributed by atoms with Gasteiger partial charge >= 0.3 is 14.2 Å². The van der Waals surface area contributed by atoms with Crippen LogP contribution in [0.3, 0.4) is 0 Å². The maximum atomic E-state index is 12.5. The van der Waals surface area contributed by atoms with Crippen LogP contribution in [0.4, 0.5) is 11.4 Å². The van der Waals surface area contributed by atoms with E-state index in [-0.39, 0.29) is 18.7 Å². The summed E-state index contributed by atoms with van der Waals surface area (Å²) in [5, 5.41) is 49.6. The third kappa shape index (κ3) is 16.6. The Morgan fingerprint density at radius 3 is 1.67 bits per heavy atom. The van der Waals surface area contributed by atoms with Crippen LogP contribution in [-0.2, 0) is 68.6 Å². The molecule has 0 saturated heterocycles. The van der Waals surface area contributed by atoms with Crippen molar-refractivity contribution in [2.45, 2.75) is 97.4 Å². The molecule has 8 aromatic rings. The van der Waals surface area contributed by atoms with E-state index < -0.39 is 56.8 Å². The highest BCUT2D eigenvalue weighted by molar-refractivity contribution is 7.86. The summed E-state index contributed by atoms with van der Waals surface area (Å²) in [4.78, 5) is 19.3. The Hall–Kier alpha value is -8.11. The minimum absolute atomic E-state index is 0.190. The molecule has 0 aliphatic carbocycles. The van der Waals surface area contributed by atoms with Crippen molar-refractivity contribution in [3.63, 3.8) is 0 Å². The number of allylic oxidation sites excluding steroid dienone is 6. The number of para-hydroxylation sites is 2. The third-order valence-electron chi connectivity index (χ3n) is 18.4. The summed E-state index contributed by atoms with van der Waals surface area (Å²) in [6.45, 7) is 17.9. The largest absolute Gasteiger partial charge is 0.488 e. The van der Waals surface area contributed by atoms with Gasteiger partial charge in [-0.1, -0.05) is 184 Å². The first-order valence-electron chi connectivity index (χ1n) is 32.2. The fourth-order valence-corrected chi connectivity index (χ4v) is 14.7. The topological polar surface area (TPSA) is 231 Å². The van der Waals surface area contributed by atoms with E-state index in [1.807, 2.05) is 84.9 Å². The van der Waals surface area contributed by atoms with Crippen molar-refractivity contribution in [1.82, 2.24) is 15.1 Å². The molecule has 95 heavy (non-hydrogen) atoms. The Morgan fingerprint density at radius 2 is 1.11 bits per heavy atom. The Morgan fingerprint density at radius 1 is 0.600 bits per heavy atom. The van der Waals surface area contributed by atoms with Crippen LogP contribution >= 0.6 is 0 Å². The van der Waals surface area contributed by atoms with E-state index in [2.05, 4.69) is 144 Å². The zero-order valence-corrected chi connectivity index (χ0v) is 56.2. The third-order valence-corrected chi connectivity index (χ3v) is 20.0. The molecular formula is C75H84B2N5O11S2+. The number of nitrogens with one attached hydrogen (secondary N) is 1. The summed E-state index contributed by atoms with van der Waals surface area (Å²) in [6.07, 6.45) is 9.33. The van der Waals surface area contributed by atoms with E-state index in [0.717, 1.165) is 94.4 Å². The molecule has 492 valence electrons. The second-order valence-corrected chi connectivity index (χ2v) is 29.0. The van der Waals surface area contributed by atoms with Gasteiger partial charge in [-0.05, 0) is 129 Å². The molecule has 0 atom stereocenters. The molecule has 0 saturated carbocycles. The summed E-state index contributed by atoms with van der Waals surface area (Å²) in [5.41, 5.74) is 12.6. The maximum Gasteiger partial charge on any atom is 0.488 e. The number of carbonyl (C=O) groups excluding carboxylic acids is 1. The van der Waals surface area contributed by atoms with Gasteiger partial charge in [-0.25, -0.2) is 0 Å². The summed E-state index contributed by atoms with van der Waals surface area (Å²) in [5.74, 6) is -0.992. The first-order valence-corrected chi connectivity index (χ1v) is 35.4. The molecule has 0 unspecified atom stereocenters. The number of hydrogen-bond donors (Lipinski definition) is 7. The molecule has 16 nitrogen and oxygen atoms in total. The van der Waals surface area contributed by atoms with Crippen molar-refractivity contribution >= 4 is 95.5 Å². The Balaban J connectivity index is 1.05. The van der Waals surface area contributed by atoms with Crippen LogP contribution in [-0.4, -0.2) is 124 Å². The van der Waals surface area contributed by atoms with Crippen molar-refractivity contribution in [1.29, 1.82) is 0 Å². The molecule has 10 rings (SSSR count). The number of nitrogens with zero attached hydrogens (tertiary/aromatic N) is 4. The summed E-state index contributed by atoms with van der Waals surface area (Å²) < 4.78 is 69.8. The molecule has 0 aromatic heterocycles. The van der Waals surface area contributed by atoms with Crippen molar-refractivity contribution in [2.24, 2.45) is 0 Å². The second kappa shape index (κ2) is 29.9. The highest BCUT2D eigenvalue weighted by atomic mass is 32.2. The van der Waals surface area contributed by atoms with E-state index in [0.29, 0.717) is 81.8 Å². The molecule has 0 radical (unpaired) electrons.